The van der Waals surface area contributed by atoms with Gasteiger partial charge in [-0.3, -0.25) is 15.1 Å². The van der Waals surface area contributed by atoms with Crippen molar-refractivity contribution in [1.82, 2.24) is 10.2 Å². The van der Waals surface area contributed by atoms with E-state index in [-0.39, 0.29) is 40.7 Å². The van der Waals surface area contributed by atoms with Crippen LogP contribution in [0, 0.1) is 23.2 Å². The van der Waals surface area contributed by atoms with E-state index < -0.39 is 9.84 Å². The molecule has 0 spiro atoms. The summed E-state index contributed by atoms with van der Waals surface area (Å²) in [5, 5.41) is 11.0. The van der Waals surface area contributed by atoms with Gasteiger partial charge >= 0.3 is 0 Å². The van der Waals surface area contributed by atoms with Crippen LogP contribution >= 0.6 is 0 Å². The molecule has 1 heterocycles. The average molecular weight is 481 g/mol. The first-order valence-corrected chi connectivity index (χ1v) is 15.2. The Bertz CT molecular complexity index is 789. The van der Waals surface area contributed by atoms with Crippen molar-refractivity contribution in [3.05, 3.63) is 0 Å². The fourth-order valence-electron chi connectivity index (χ4n) is 6.98. The highest BCUT2D eigenvalue weighted by molar-refractivity contribution is 7.92. The molecule has 1 aliphatic heterocycles. The summed E-state index contributed by atoms with van der Waals surface area (Å²) in [6.07, 6.45) is 14.4. The van der Waals surface area contributed by atoms with Crippen LogP contribution in [0.4, 0.5) is 0 Å². The standard InChI is InChI=1S/C25H44N4O3S/c26-24(27)20-12-11-19-15-23(25(30)28-17-18-7-3-1-4-8-18)29(22(19)16-20)13-14-33(31,32)21-9-5-2-6-10-21/h18-23H,1-17H2,(H3,26,27)(H,28,30). The van der Waals surface area contributed by atoms with Crippen LogP contribution in [-0.2, 0) is 14.6 Å². The van der Waals surface area contributed by atoms with Gasteiger partial charge in [-0.2, -0.15) is 0 Å². The predicted octanol–water partition coefficient (Wildman–Crippen LogP) is 3.23. The van der Waals surface area contributed by atoms with Gasteiger partial charge in [0.15, 0.2) is 9.84 Å². The van der Waals surface area contributed by atoms with E-state index in [1.54, 1.807) is 0 Å². The summed E-state index contributed by atoms with van der Waals surface area (Å²) in [5.74, 6) is 1.46. The van der Waals surface area contributed by atoms with Crippen LogP contribution in [0.5, 0.6) is 0 Å². The summed E-state index contributed by atoms with van der Waals surface area (Å²) < 4.78 is 26.2. The van der Waals surface area contributed by atoms with Crippen LogP contribution in [0.15, 0.2) is 0 Å². The van der Waals surface area contributed by atoms with E-state index in [1.165, 1.54) is 32.1 Å². The third kappa shape index (κ3) is 6.11. The molecule has 0 aromatic rings. The van der Waals surface area contributed by atoms with Gasteiger partial charge in [0.25, 0.3) is 0 Å². The molecular weight excluding hydrogens is 436 g/mol. The minimum atomic E-state index is -3.16. The number of fused-ring (bicyclic) bond motifs is 1. The molecule has 0 aromatic heterocycles. The normalized spacial score (nSPS) is 32.4. The molecule has 4 unspecified atom stereocenters. The molecule has 4 atom stereocenters. The van der Waals surface area contributed by atoms with Crippen LogP contribution in [-0.4, -0.2) is 61.2 Å². The largest absolute Gasteiger partial charge is 0.387 e. The maximum atomic E-state index is 13.3. The van der Waals surface area contributed by atoms with Gasteiger partial charge in [0, 0.05) is 25.0 Å². The number of likely N-dealkylation sites (tertiary alicyclic amines) is 1. The number of hydrogen-bond donors (Lipinski definition) is 3. The zero-order chi connectivity index (χ0) is 23.4. The number of nitrogens with one attached hydrogen (secondary N) is 2. The molecule has 4 N–H and O–H groups in total. The SMILES string of the molecule is N=C(N)C1CCC2CC(C(=O)NCC3CCCCC3)N(CCS(=O)(=O)C3CCCCC3)C2C1. The maximum absolute atomic E-state index is 13.3. The van der Waals surface area contributed by atoms with Gasteiger partial charge in [0.1, 0.15) is 0 Å². The van der Waals surface area contributed by atoms with Crippen LogP contribution < -0.4 is 11.1 Å². The number of amidine groups is 1. The first-order valence-electron chi connectivity index (χ1n) is 13.4. The molecule has 3 aliphatic carbocycles. The molecule has 4 aliphatic rings. The second-order valence-electron chi connectivity index (χ2n) is 11.2. The van der Waals surface area contributed by atoms with E-state index >= 15 is 0 Å². The monoisotopic (exact) mass is 480 g/mol. The van der Waals surface area contributed by atoms with E-state index in [4.69, 9.17) is 11.1 Å². The van der Waals surface area contributed by atoms with Crippen LogP contribution in [0.1, 0.15) is 89.9 Å². The van der Waals surface area contributed by atoms with Crippen molar-refractivity contribution >= 4 is 21.6 Å². The molecule has 3 saturated carbocycles. The number of hydrogen-bond acceptors (Lipinski definition) is 5. The predicted molar refractivity (Wildman–Crippen MR) is 132 cm³/mol. The summed E-state index contributed by atoms with van der Waals surface area (Å²) in [5.41, 5.74) is 5.85. The Morgan fingerprint density at radius 1 is 0.939 bits per heavy atom. The zero-order valence-electron chi connectivity index (χ0n) is 20.1. The van der Waals surface area contributed by atoms with Crippen molar-refractivity contribution in [2.24, 2.45) is 23.5 Å². The summed E-state index contributed by atoms with van der Waals surface area (Å²) in [6, 6.07) is -0.101. The topological polar surface area (TPSA) is 116 Å². The molecule has 0 aromatic carbocycles. The van der Waals surface area contributed by atoms with Crippen molar-refractivity contribution < 1.29 is 13.2 Å². The lowest BCUT2D eigenvalue weighted by Crippen LogP contribution is -2.50. The molecule has 33 heavy (non-hydrogen) atoms. The molecule has 1 saturated heterocycles. The number of carbonyl (C=O) groups is 1. The molecule has 188 valence electrons. The number of nitrogens with zero attached hydrogens (tertiary/aromatic N) is 1. The Balaban J connectivity index is 1.43. The van der Waals surface area contributed by atoms with Gasteiger partial charge in [0.05, 0.1) is 22.9 Å². The average Bonchev–Trinajstić information content (AvgIpc) is 3.20. The molecule has 8 heteroatoms. The molecular formula is C25H44N4O3S. The maximum Gasteiger partial charge on any atom is 0.237 e. The van der Waals surface area contributed by atoms with E-state index in [9.17, 15) is 13.2 Å². The van der Waals surface area contributed by atoms with Gasteiger partial charge in [-0.05, 0) is 63.2 Å². The lowest BCUT2D eigenvalue weighted by molar-refractivity contribution is -0.126. The van der Waals surface area contributed by atoms with E-state index in [1.807, 2.05) is 0 Å². The molecule has 4 fully saturated rings. The van der Waals surface area contributed by atoms with Gasteiger partial charge < -0.3 is 11.1 Å². The van der Waals surface area contributed by atoms with Gasteiger partial charge in [0.2, 0.25) is 5.91 Å². The zero-order valence-corrected chi connectivity index (χ0v) is 21.0. The third-order valence-electron chi connectivity index (χ3n) is 9.03. The van der Waals surface area contributed by atoms with Crippen LogP contribution in [0.25, 0.3) is 0 Å². The van der Waals surface area contributed by atoms with Crippen LogP contribution in [0.2, 0.25) is 0 Å². The lowest BCUT2D eigenvalue weighted by atomic mass is 9.78. The molecule has 4 rings (SSSR count). The summed E-state index contributed by atoms with van der Waals surface area (Å²) in [7, 11) is -3.16. The highest BCUT2D eigenvalue weighted by atomic mass is 32.2. The second kappa shape index (κ2) is 11.1. The van der Waals surface area contributed by atoms with Crippen molar-refractivity contribution in [3.63, 3.8) is 0 Å². The summed E-state index contributed by atoms with van der Waals surface area (Å²) >= 11 is 0. The van der Waals surface area contributed by atoms with Gasteiger partial charge in [-0.25, -0.2) is 8.42 Å². The smallest absolute Gasteiger partial charge is 0.237 e. The minimum Gasteiger partial charge on any atom is -0.387 e. The number of carbonyl (C=O) groups excluding carboxylic acids is 1. The number of rotatable bonds is 8. The molecule has 0 bridgehead atoms. The van der Waals surface area contributed by atoms with Crippen LogP contribution in [0.3, 0.4) is 0 Å². The third-order valence-corrected chi connectivity index (χ3v) is 11.3. The van der Waals surface area contributed by atoms with Gasteiger partial charge in [-0.15, -0.1) is 0 Å². The quantitative estimate of drug-likeness (QED) is 0.364. The molecule has 1 amide bonds. The summed E-state index contributed by atoms with van der Waals surface area (Å²) in [4.78, 5) is 15.5. The number of amides is 1. The second-order valence-corrected chi connectivity index (χ2v) is 13.6. The van der Waals surface area contributed by atoms with E-state index in [0.29, 0.717) is 18.4 Å². The summed E-state index contributed by atoms with van der Waals surface area (Å²) in [6.45, 7) is 1.17. The molecule has 0 radical (unpaired) electrons. The van der Waals surface area contributed by atoms with Crippen molar-refractivity contribution in [1.29, 1.82) is 5.41 Å². The highest BCUT2D eigenvalue weighted by Crippen LogP contribution is 2.42. The van der Waals surface area contributed by atoms with E-state index in [2.05, 4.69) is 10.2 Å². The van der Waals surface area contributed by atoms with Crippen molar-refractivity contribution in [3.8, 4) is 0 Å². The van der Waals surface area contributed by atoms with Crippen molar-refractivity contribution in [2.45, 2.75) is 107 Å². The fourth-order valence-corrected chi connectivity index (χ4v) is 8.83. The Kier molecular flexibility index (Phi) is 8.37. The fraction of sp³-hybridized carbons (Fsp3) is 0.920. The Morgan fingerprint density at radius 2 is 1.61 bits per heavy atom. The first kappa shape index (κ1) is 25.0. The Morgan fingerprint density at radius 3 is 2.27 bits per heavy atom. The molecule has 7 nitrogen and oxygen atoms in total. The van der Waals surface area contributed by atoms with Gasteiger partial charge in [-0.1, -0.05) is 38.5 Å². The highest BCUT2D eigenvalue weighted by Gasteiger charge is 2.47. The lowest BCUT2D eigenvalue weighted by Gasteiger charge is -2.37. The number of nitrogens with two attached hydrogens (primary N) is 1. The van der Waals surface area contributed by atoms with Crippen molar-refractivity contribution in [2.75, 3.05) is 18.8 Å². The van der Waals surface area contributed by atoms with E-state index in [0.717, 1.165) is 64.3 Å². The first-order chi connectivity index (χ1) is 15.8. The Hall–Kier alpha value is -1.15. The number of sulfone groups is 1. The Labute approximate surface area is 200 Å². The minimum absolute atomic E-state index is 0.0488.